The molecule has 3 heteroatoms. The number of carbonyl (C=O) groups is 1. The zero-order valence-corrected chi connectivity index (χ0v) is 11.9. The van der Waals surface area contributed by atoms with Crippen LogP contribution in [0.15, 0.2) is 30.5 Å². The number of benzene rings is 1. The average Bonchev–Trinajstić information content (AvgIpc) is 2.72. The van der Waals surface area contributed by atoms with Gasteiger partial charge in [0.2, 0.25) is 0 Å². The Bertz CT molecular complexity index is 655. The molecular weight excluding hydrogens is 258 g/mol. The molecule has 0 unspecified atom stereocenters. The number of rotatable bonds is 1. The third-order valence-corrected chi connectivity index (χ3v) is 3.97. The van der Waals surface area contributed by atoms with Crippen LogP contribution >= 0.6 is 11.6 Å². The third kappa shape index (κ3) is 2.21. The number of hydrogen-bond acceptors (Lipinski definition) is 1. The molecule has 1 aromatic heterocycles. The molecule has 0 bridgehead atoms. The van der Waals surface area contributed by atoms with Crippen molar-refractivity contribution in [3.63, 3.8) is 0 Å². The number of aromatic nitrogens is 1. The van der Waals surface area contributed by atoms with Crippen LogP contribution in [0.4, 0.5) is 0 Å². The molecule has 1 aliphatic heterocycles. The maximum atomic E-state index is 12.3. The highest BCUT2D eigenvalue weighted by molar-refractivity contribution is 6.30. The SMILES string of the molecule is CC(C)c1cc2n(c1)Cc1cc(Cl)ccc1CC2=O. The first-order valence-corrected chi connectivity index (χ1v) is 6.93. The second kappa shape index (κ2) is 4.53. The molecule has 0 saturated carbocycles. The largest absolute Gasteiger partial charge is 0.340 e. The zero-order valence-electron chi connectivity index (χ0n) is 11.1. The highest BCUT2D eigenvalue weighted by Crippen LogP contribution is 2.26. The highest BCUT2D eigenvalue weighted by Gasteiger charge is 2.21. The lowest BCUT2D eigenvalue weighted by Gasteiger charge is -2.07. The number of nitrogens with zero attached hydrogens (tertiary/aromatic N) is 1. The molecule has 0 saturated heterocycles. The lowest BCUT2D eigenvalue weighted by atomic mass is 10.0. The van der Waals surface area contributed by atoms with E-state index in [1.54, 1.807) is 0 Å². The minimum atomic E-state index is 0.188. The summed E-state index contributed by atoms with van der Waals surface area (Å²) in [5.74, 6) is 0.624. The Morgan fingerprint density at radius 1 is 1.21 bits per heavy atom. The Morgan fingerprint density at radius 2 is 2.00 bits per heavy atom. The minimum absolute atomic E-state index is 0.188. The van der Waals surface area contributed by atoms with Gasteiger partial charge in [0.1, 0.15) is 0 Å². The number of ketones is 1. The molecule has 98 valence electrons. The van der Waals surface area contributed by atoms with Gasteiger partial charge in [0.25, 0.3) is 0 Å². The van der Waals surface area contributed by atoms with Crippen molar-refractivity contribution in [2.45, 2.75) is 32.7 Å². The van der Waals surface area contributed by atoms with E-state index in [2.05, 4.69) is 24.6 Å². The van der Waals surface area contributed by atoms with Crippen LogP contribution in [0.2, 0.25) is 5.02 Å². The van der Waals surface area contributed by atoms with Crippen LogP contribution in [0.1, 0.15) is 46.9 Å². The number of Topliss-reactive ketones (excluding diaryl/α,β-unsaturated/α-hetero) is 1. The predicted molar refractivity (Wildman–Crippen MR) is 77.1 cm³/mol. The molecule has 1 aromatic carbocycles. The minimum Gasteiger partial charge on any atom is -0.340 e. The maximum Gasteiger partial charge on any atom is 0.183 e. The molecule has 0 amide bonds. The Morgan fingerprint density at radius 3 is 2.74 bits per heavy atom. The van der Waals surface area contributed by atoms with Crippen LogP contribution < -0.4 is 0 Å². The Labute approximate surface area is 118 Å². The summed E-state index contributed by atoms with van der Waals surface area (Å²) in [7, 11) is 0. The number of hydrogen-bond donors (Lipinski definition) is 0. The first-order valence-electron chi connectivity index (χ1n) is 6.55. The van der Waals surface area contributed by atoms with Crippen molar-refractivity contribution in [1.29, 1.82) is 0 Å². The van der Waals surface area contributed by atoms with E-state index in [1.165, 1.54) is 5.56 Å². The van der Waals surface area contributed by atoms with Gasteiger partial charge in [-0.3, -0.25) is 4.79 Å². The quantitative estimate of drug-likeness (QED) is 0.768. The molecule has 2 aromatic rings. The number of carbonyl (C=O) groups excluding carboxylic acids is 1. The van der Waals surface area contributed by atoms with Gasteiger partial charge in [-0.05, 0) is 40.8 Å². The van der Waals surface area contributed by atoms with Crippen LogP contribution in [0.25, 0.3) is 0 Å². The van der Waals surface area contributed by atoms with Crippen molar-refractivity contribution in [3.05, 3.63) is 57.9 Å². The molecular formula is C16H16ClNO. The van der Waals surface area contributed by atoms with Gasteiger partial charge in [0, 0.05) is 24.2 Å². The lowest BCUT2D eigenvalue weighted by molar-refractivity contribution is 0.0986. The van der Waals surface area contributed by atoms with Gasteiger partial charge in [-0.25, -0.2) is 0 Å². The number of halogens is 1. The monoisotopic (exact) mass is 273 g/mol. The molecule has 0 spiro atoms. The topological polar surface area (TPSA) is 22.0 Å². The Kier molecular flexibility index (Phi) is 2.98. The summed E-state index contributed by atoms with van der Waals surface area (Å²) < 4.78 is 2.06. The van der Waals surface area contributed by atoms with E-state index in [9.17, 15) is 4.79 Å². The van der Waals surface area contributed by atoms with Crippen LogP contribution in [0, 0.1) is 0 Å². The van der Waals surface area contributed by atoms with E-state index in [-0.39, 0.29) is 5.78 Å². The molecule has 0 radical (unpaired) electrons. The molecule has 1 aliphatic rings. The number of fused-ring (bicyclic) bond motifs is 2. The normalized spacial score (nSPS) is 14.2. The lowest BCUT2D eigenvalue weighted by Crippen LogP contribution is -2.05. The molecule has 2 nitrogen and oxygen atoms in total. The van der Waals surface area contributed by atoms with E-state index in [0.29, 0.717) is 12.3 Å². The molecule has 0 aliphatic carbocycles. The molecule has 19 heavy (non-hydrogen) atoms. The van der Waals surface area contributed by atoms with Crippen molar-refractivity contribution in [2.75, 3.05) is 0 Å². The van der Waals surface area contributed by atoms with Gasteiger partial charge in [0.15, 0.2) is 5.78 Å². The average molecular weight is 274 g/mol. The van der Waals surface area contributed by atoms with E-state index in [1.807, 2.05) is 24.3 Å². The summed E-state index contributed by atoms with van der Waals surface area (Å²) in [4.78, 5) is 12.3. The molecule has 2 heterocycles. The van der Waals surface area contributed by atoms with Crippen molar-refractivity contribution < 1.29 is 4.79 Å². The first-order chi connectivity index (χ1) is 9.04. The fourth-order valence-electron chi connectivity index (χ4n) is 2.58. The van der Waals surface area contributed by atoms with Crippen LogP contribution in [-0.4, -0.2) is 10.4 Å². The zero-order chi connectivity index (χ0) is 13.6. The molecule has 0 fully saturated rings. The molecule has 0 N–H and O–H groups in total. The van der Waals surface area contributed by atoms with E-state index >= 15 is 0 Å². The van der Waals surface area contributed by atoms with Crippen molar-refractivity contribution in [3.8, 4) is 0 Å². The van der Waals surface area contributed by atoms with Gasteiger partial charge in [0.05, 0.1) is 5.69 Å². The summed E-state index contributed by atoms with van der Waals surface area (Å²) >= 11 is 6.05. The smallest absolute Gasteiger partial charge is 0.183 e. The van der Waals surface area contributed by atoms with Gasteiger partial charge < -0.3 is 4.57 Å². The molecule has 0 atom stereocenters. The highest BCUT2D eigenvalue weighted by atomic mass is 35.5. The van der Waals surface area contributed by atoms with Crippen LogP contribution in [-0.2, 0) is 13.0 Å². The Hall–Kier alpha value is -1.54. The summed E-state index contributed by atoms with van der Waals surface area (Å²) in [5.41, 5.74) is 4.26. The first kappa shape index (κ1) is 12.5. The summed E-state index contributed by atoms with van der Waals surface area (Å²) in [6.07, 6.45) is 2.56. The van der Waals surface area contributed by atoms with E-state index in [4.69, 9.17) is 11.6 Å². The summed E-state index contributed by atoms with van der Waals surface area (Å²) in [5, 5.41) is 0.728. The van der Waals surface area contributed by atoms with Gasteiger partial charge in [-0.2, -0.15) is 0 Å². The van der Waals surface area contributed by atoms with Crippen molar-refractivity contribution in [1.82, 2.24) is 4.57 Å². The van der Waals surface area contributed by atoms with Crippen LogP contribution in [0.3, 0.4) is 0 Å². The van der Waals surface area contributed by atoms with E-state index < -0.39 is 0 Å². The summed E-state index contributed by atoms with van der Waals surface area (Å²) in [6, 6.07) is 7.81. The van der Waals surface area contributed by atoms with Gasteiger partial charge in [-0.15, -0.1) is 0 Å². The van der Waals surface area contributed by atoms with Gasteiger partial charge in [-0.1, -0.05) is 31.5 Å². The fourth-order valence-corrected chi connectivity index (χ4v) is 2.77. The van der Waals surface area contributed by atoms with Crippen molar-refractivity contribution in [2.24, 2.45) is 0 Å². The standard InChI is InChI=1S/C16H16ClNO/c1-10(2)12-6-15-16(19)7-11-3-4-14(17)5-13(11)9-18(15)8-12/h3-6,8,10H,7,9H2,1-2H3. The van der Waals surface area contributed by atoms with Crippen molar-refractivity contribution >= 4 is 17.4 Å². The predicted octanol–water partition coefficient (Wildman–Crippen LogP) is 4.05. The summed E-state index contributed by atoms with van der Waals surface area (Å²) in [6.45, 7) is 5.01. The molecule has 3 rings (SSSR count). The Balaban J connectivity index is 2.10. The fraction of sp³-hybridized carbons (Fsp3) is 0.312. The third-order valence-electron chi connectivity index (χ3n) is 3.73. The second-order valence-electron chi connectivity index (χ2n) is 5.45. The van der Waals surface area contributed by atoms with Gasteiger partial charge >= 0.3 is 0 Å². The van der Waals surface area contributed by atoms with E-state index in [0.717, 1.165) is 28.4 Å². The second-order valence-corrected chi connectivity index (χ2v) is 5.89. The maximum absolute atomic E-state index is 12.3. The van der Waals surface area contributed by atoms with Crippen LogP contribution in [0.5, 0.6) is 0 Å².